The first kappa shape index (κ1) is 12.6. The highest BCUT2D eigenvalue weighted by Crippen LogP contribution is 2.19. The minimum Gasteiger partial charge on any atom is -0.351 e. The first-order valence-electron chi connectivity index (χ1n) is 5.99. The Labute approximate surface area is 118 Å². The summed E-state index contributed by atoms with van der Waals surface area (Å²) in [6.45, 7) is 1.44. The van der Waals surface area contributed by atoms with Gasteiger partial charge in [0.1, 0.15) is 11.4 Å². The van der Waals surface area contributed by atoms with Crippen molar-refractivity contribution in [2.24, 2.45) is 0 Å². The molecule has 0 aliphatic heterocycles. The van der Waals surface area contributed by atoms with E-state index in [9.17, 15) is 9.59 Å². The van der Waals surface area contributed by atoms with E-state index in [1.165, 1.54) is 18.3 Å². The number of H-pyrrole nitrogens is 1. The molecule has 6 heteroatoms. The standard InChI is InChI=1S/C14H11N3O2S/c1-8(18)12-7-20-14(16-12)17-13(19)11-6-9-4-2-3-5-10(9)15-11/h2-7,15H,1H3,(H,16,17,19). The highest BCUT2D eigenvalue weighted by Gasteiger charge is 2.12. The molecule has 0 fully saturated rings. The van der Waals surface area contributed by atoms with Crippen molar-refractivity contribution in [1.82, 2.24) is 9.97 Å². The Balaban J connectivity index is 1.83. The van der Waals surface area contributed by atoms with Crippen molar-refractivity contribution in [3.63, 3.8) is 0 Å². The number of amides is 1. The summed E-state index contributed by atoms with van der Waals surface area (Å²) in [4.78, 5) is 30.4. The van der Waals surface area contributed by atoms with Crippen LogP contribution in [0, 0.1) is 0 Å². The van der Waals surface area contributed by atoms with Gasteiger partial charge in [0.25, 0.3) is 5.91 Å². The van der Waals surface area contributed by atoms with Gasteiger partial charge in [-0.15, -0.1) is 11.3 Å². The van der Waals surface area contributed by atoms with Crippen molar-refractivity contribution < 1.29 is 9.59 Å². The van der Waals surface area contributed by atoms with E-state index < -0.39 is 0 Å². The maximum atomic E-state index is 12.1. The third kappa shape index (κ3) is 2.33. The fourth-order valence-corrected chi connectivity index (χ4v) is 2.60. The number of nitrogens with one attached hydrogen (secondary N) is 2. The van der Waals surface area contributed by atoms with Gasteiger partial charge in [-0.05, 0) is 12.1 Å². The molecule has 0 aliphatic rings. The van der Waals surface area contributed by atoms with Crippen LogP contribution in [0.15, 0.2) is 35.7 Å². The van der Waals surface area contributed by atoms with Crippen LogP contribution in [0.4, 0.5) is 5.13 Å². The Morgan fingerprint density at radius 3 is 2.80 bits per heavy atom. The second kappa shape index (κ2) is 4.90. The molecule has 2 heterocycles. The summed E-state index contributed by atoms with van der Waals surface area (Å²) in [5.74, 6) is -0.391. The van der Waals surface area contributed by atoms with Crippen LogP contribution >= 0.6 is 11.3 Å². The van der Waals surface area contributed by atoms with E-state index >= 15 is 0 Å². The molecule has 0 radical (unpaired) electrons. The van der Waals surface area contributed by atoms with Gasteiger partial charge in [-0.2, -0.15) is 0 Å². The zero-order valence-corrected chi connectivity index (χ0v) is 11.5. The number of hydrogen-bond acceptors (Lipinski definition) is 4. The molecule has 0 aliphatic carbocycles. The Hall–Kier alpha value is -2.47. The normalized spacial score (nSPS) is 10.7. The summed E-state index contributed by atoms with van der Waals surface area (Å²) >= 11 is 1.23. The summed E-state index contributed by atoms with van der Waals surface area (Å²) in [7, 11) is 0. The Morgan fingerprint density at radius 2 is 2.10 bits per heavy atom. The number of aromatic amines is 1. The quantitative estimate of drug-likeness (QED) is 0.726. The van der Waals surface area contributed by atoms with Crippen molar-refractivity contribution >= 4 is 39.1 Å². The van der Waals surface area contributed by atoms with Crippen molar-refractivity contribution in [3.05, 3.63) is 47.1 Å². The van der Waals surface area contributed by atoms with Gasteiger partial charge in [0.2, 0.25) is 0 Å². The molecule has 2 N–H and O–H groups in total. The molecule has 2 aromatic heterocycles. The number of nitrogens with zero attached hydrogens (tertiary/aromatic N) is 1. The van der Waals surface area contributed by atoms with Gasteiger partial charge in [0.15, 0.2) is 10.9 Å². The van der Waals surface area contributed by atoms with Gasteiger partial charge < -0.3 is 4.98 Å². The zero-order valence-electron chi connectivity index (χ0n) is 10.6. The number of carbonyl (C=O) groups is 2. The number of carbonyl (C=O) groups excluding carboxylic acids is 2. The van der Waals surface area contributed by atoms with E-state index in [0.717, 1.165) is 10.9 Å². The Bertz CT molecular complexity index is 770. The average molecular weight is 285 g/mol. The molecule has 20 heavy (non-hydrogen) atoms. The molecule has 0 atom stereocenters. The lowest BCUT2D eigenvalue weighted by atomic mass is 10.2. The molecular formula is C14H11N3O2S. The molecular weight excluding hydrogens is 274 g/mol. The van der Waals surface area contributed by atoms with E-state index in [2.05, 4.69) is 15.3 Å². The van der Waals surface area contributed by atoms with Crippen LogP contribution in [0.25, 0.3) is 10.9 Å². The molecule has 1 aromatic carbocycles. The van der Waals surface area contributed by atoms with E-state index in [4.69, 9.17) is 0 Å². The second-order valence-corrected chi connectivity index (χ2v) is 5.18. The number of benzene rings is 1. The van der Waals surface area contributed by atoms with Crippen LogP contribution < -0.4 is 5.32 Å². The summed E-state index contributed by atoms with van der Waals surface area (Å²) < 4.78 is 0. The number of ketones is 1. The molecule has 0 bridgehead atoms. The molecule has 100 valence electrons. The number of anilines is 1. The number of para-hydroxylation sites is 1. The van der Waals surface area contributed by atoms with Crippen molar-refractivity contribution in [1.29, 1.82) is 0 Å². The minimum absolute atomic E-state index is 0.118. The van der Waals surface area contributed by atoms with Crippen LogP contribution in [-0.2, 0) is 0 Å². The number of aromatic nitrogens is 2. The molecule has 0 saturated heterocycles. The van der Waals surface area contributed by atoms with Gasteiger partial charge in [-0.25, -0.2) is 4.98 Å². The summed E-state index contributed by atoms with van der Waals surface area (Å²) in [6, 6.07) is 9.44. The van der Waals surface area contributed by atoms with Crippen LogP contribution in [0.3, 0.4) is 0 Å². The van der Waals surface area contributed by atoms with Gasteiger partial charge in [0, 0.05) is 23.2 Å². The van der Waals surface area contributed by atoms with E-state index in [1.54, 1.807) is 11.4 Å². The molecule has 5 nitrogen and oxygen atoms in total. The Kier molecular flexibility index (Phi) is 3.08. The maximum Gasteiger partial charge on any atom is 0.273 e. The fraction of sp³-hybridized carbons (Fsp3) is 0.0714. The number of fused-ring (bicyclic) bond motifs is 1. The predicted octanol–water partition coefficient (Wildman–Crippen LogP) is 3.08. The van der Waals surface area contributed by atoms with Crippen LogP contribution in [0.1, 0.15) is 27.9 Å². The molecule has 1 amide bonds. The monoisotopic (exact) mass is 285 g/mol. The lowest BCUT2D eigenvalue weighted by molar-refractivity contribution is 0.100. The predicted molar refractivity (Wildman–Crippen MR) is 78.4 cm³/mol. The third-order valence-electron chi connectivity index (χ3n) is 2.86. The molecule has 3 aromatic rings. The topological polar surface area (TPSA) is 74.8 Å². The van der Waals surface area contributed by atoms with Gasteiger partial charge in [0.05, 0.1) is 0 Å². The van der Waals surface area contributed by atoms with Crippen molar-refractivity contribution in [3.8, 4) is 0 Å². The average Bonchev–Trinajstić information content (AvgIpc) is 3.04. The van der Waals surface area contributed by atoms with Gasteiger partial charge in [-0.3, -0.25) is 14.9 Å². The lowest BCUT2D eigenvalue weighted by Gasteiger charge is -1.97. The molecule has 0 saturated carbocycles. The molecule has 3 rings (SSSR count). The van der Waals surface area contributed by atoms with Crippen LogP contribution in [0.5, 0.6) is 0 Å². The highest BCUT2D eigenvalue weighted by molar-refractivity contribution is 7.14. The van der Waals surface area contributed by atoms with Crippen molar-refractivity contribution in [2.45, 2.75) is 6.92 Å². The van der Waals surface area contributed by atoms with Crippen LogP contribution in [0.2, 0.25) is 0 Å². The minimum atomic E-state index is -0.273. The van der Waals surface area contributed by atoms with Crippen molar-refractivity contribution in [2.75, 3.05) is 5.32 Å². The van der Waals surface area contributed by atoms with E-state index in [-0.39, 0.29) is 11.7 Å². The maximum absolute atomic E-state index is 12.1. The summed E-state index contributed by atoms with van der Waals surface area (Å²) in [5, 5.41) is 5.70. The molecule has 0 unspecified atom stereocenters. The number of hydrogen-bond donors (Lipinski definition) is 2. The fourth-order valence-electron chi connectivity index (χ4n) is 1.85. The Morgan fingerprint density at radius 1 is 1.30 bits per heavy atom. The van der Waals surface area contributed by atoms with Gasteiger partial charge >= 0.3 is 0 Å². The number of rotatable bonds is 3. The summed E-state index contributed by atoms with van der Waals surface area (Å²) in [5.41, 5.74) is 1.73. The second-order valence-electron chi connectivity index (χ2n) is 4.32. The number of thiazole rings is 1. The van der Waals surface area contributed by atoms with E-state index in [1.807, 2.05) is 24.3 Å². The lowest BCUT2D eigenvalue weighted by Crippen LogP contribution is -2.12. The summed E-state index contributed by atoms with van der Waals surface area (Å²) in [6.07, 6.45) is 0. The molecule has 0 spiro atoms. The van der Waals surface area contributed by atoms with Crippen LogP contribution in [-0.4, -0.2) is 21.7 Å². The smallest absolute Gasteiger partial charge is 0.273 e. The zero-order chi connectivity index (χ0) is 14.1. The highest BCUT2D eigenvalue weighted by atomic mass is 32.1. The number of Topliss-reactive ketones (excluding diaryl/α,β-unsaturated/α-hetero) is 1. The first-order valence-corrected chi connectivity index (χ1v) is 6.87. The van der Waals surface area contributed by atoms with E-state index in [0.29, 0.717) is 16.5 Å². The largest absolute Gasteiger partial charge is 0.351 e. The third-order valence-corrected chi connectivity index (χ3v) is 3.62. The van der Waals surface area contributed by atoms with Gasteiger partial charge in [-0.1, -0.05) is 18.2 Å². The SMILES string of the molecule is CC(=O)c1csc(NC(=O)c2cc3ccccc3[nH]2)n1. The first-order chi connectivity index (χ1) is 9.63.